The van der Waals surface area contributed by atoms with E-state index in [4.69, 9.17) is 5.73 Å². The number of thioether (sulfide) groups is 1. The van der Waals surface area contributed by atoms with E-state index in [1.807, 2.05) is 0 Å². The zero-order valence-electron chi connectivity index (χ0n) is 5.65. The van der Waals surface area contributed by atoms with Crippen LogP contribution in [0.5, 0.6) is 0 Å². The quantitative estimate of drug-likeness (QED) is 0.696. The largest absolute Gasteiger partial charge is 0.329 e. The van der Waals surface area contributed by atoms with Crippen LogP contribution in [-0.4, -0.2) is 22.0 Å². The Kier molecular flexibility index (Phi) is 3.11. The van der Waals surface area contributed by atoms with Crippen molar-refractivity contribution in [3.63, 3.8) is 0 Å². The first kappa shape index (κ1) is 7.97. The molecule has 56 valence electrons. The molecule has 0 aliphatic rings. The van der Waals surface area contributed by atoms with Gasteiger partial charge in [-0.25, -0.2) is 0 Å². The van der Waals surface area contributed by atoms with Crippen LogP contribution in [0.25, 0.3) is 0 Å². The molecular weight excluding hydrogens is 166 g/mol. The molecule has 1 aromatic heterocycles. The lowest BCUT2D eigenvalue weighted by molar-refractivity contribution is 0.940. The Balaban J connectivity index is 2.40. The number of nitrogens with zero attached hydrogens (tertiary/aromatic N) is 2. The van der Waals surface area contributed by atoms with Crippen LogP contribution in [0, 0.1) is 0 Å². The molecule has 10 heavy (non-hydrogen) atoms. The summed E-state index contributed by atoms with van der Waals surface area (Å²) in [5.74, 6) is 0. The van der Waals surface area contributed by atoms with E-state index in [1.165, 1.54) is 0 Å². The van der Waals surface area contributed by atoms with Crippen molar-refractivity contribution in [2.75, 3.05) is 6.54 Å². The first-order chi connectivity index (χ1) is 4.83. The molecule has 0 saturated heterocycles. The molecule has 0 amide bonds. The maximum atomic E-state index is 5.42. The standard InChI is InChI=1S/C5H9N3S2/c1-4(2-6)10-5-8-7-3-9-5/h3-4H,2,6H2,1H3. The molecule has 2 N–H and O–H groups in total. The Morgan fingerprint density at radius 3 is 3.20 bits per heavy atom. The van der Waals surface area contributed by atoms with Crippen molar-refractivity contribution in [1.29, 1.82) is 0 Å². The van der Waals surface area contributed by atoms with Gasteiger partial charge in [-0.2, -0.15) is 0 Å². The monoisotopic (exact) mass is 175 g/mol. The zero-order chi connectivity index (χ0) is 7.40. The fraction of sp³-hybridized carbons (Fsp3) is 0.600. The highest BCUT2D eigenvalue weighted by molar-refractivity contribution is 8.01. The predicted molar refractivity (Wildman–Crippen MR) is 44.3 cm³/mol. The van der Waals surface area contributed by atoms with Crippen molar-refractivity contribution in [1.82, 2.24) is 10.2 Å². The van der Waals surface area contributed by atoms with Gasteiger partial charge in [0.1, 0.15) is 5.51 Å². The number of hydrogen-bond acceptors (Lipinski definition) is 5. The molecule has 1 unspecified atom stereocenters. The highest BCUT2D eigenvalue weighted by Gasteiger charge is 2.03. The van der Waals surface area contributed by atoms with Crippen LogP contribution < -0.4 is 5.73 Å². The maximum absolute atomic E-state index is 5.42. The van der Waals surface area contributed by atoms with E-state index in [0.717, 1.165) is 4.34 Å². The van der Waals surface area contributed by atoms with Gasteiger partial charge in [0.25, 0.3) is 0 Å². The Bertz CT molecular complexity index is 175. The van der Waals surface area contributed by atoms with Gasteiger partial charge in [-0.05, 0) is 0 Å². The van der Waals surface area contributed by atoms with Gasteiger partial charge in [-0.15, -0.1) is 10.2 Å². The van der Waals surface area contributed by atoms with Crippen molar-refractivity contribution >= 4 is 23.1 Å². The number of hydrogen-bond donors (Lipinski definition) is 1. The lowest BCUT2D eigenvalue weighted by Crippen LogP contribution is -2.11. The summed E-state index contributed by atoms with van der Waals surface area (Å²) in [5.41, 5.74) is 7.15. The Morgan fingerprint density at radius 2 is 2.70 bits per heavy atom. The van der Waals surface area contributed by atoms with Crippen molar-refractivity contribution < 1.29 is 0 Å². The van der Waals surface area contributed by atoms with Gasteiger partial charge in [0.2, 0.25) is 0 Å². The van der Waals surface area contributed by atoms with Crippen molar-refractivity contribution in [2.24, 2.45) is 5.73 Å². The Morgan fingerprint density at radius 1 is 1.90 bits per heavy atom. The molecule has 3 nitrogen and oxygen atoms in total. The summed E-state index contributed by atoms with van der Waals surface area (Å²) < 4.78 is 0.998. The molecule has 0 saturated carbocycles. The first-order valence-corrected chi connectivity index (χ1v) is 4.71. The van der Waals surface area contributed by atoms with Gasteiger partial charge in [0.15, 0.2) is 4.34 Å². The molecule has 0 aliphatic carbocycles. The van der Waals surface area contributed by atoms with Crippen LogP contribution in [0.15, 0.2) is 9.85 Å². The summed E-state index contributed by atoms with van der Waals surface area (Å²) in [6.45, 7) is 2.76. The predicted octanol–water partition coefficient (Wildman–Crippen LogP) is 0.977. The summed E-state index contributed by atoms with van der Waals surface area (Å²) in [7, 11) is 0. The third-order valence-corrected chi connectivity index (χ3v) is 2.91. The minimum atomic E-state index is 0.438. The van der Waals surface area contributed by atoms with E-state index < -0.39 is 0 Å². The summed E-state index contributed by atoms with van der Waals surface area (Å²) >= 11 is 3.22. The summed E-state index contributed by atoms with van der Waals surface area (Å²) in [5, 5.41) is 8.03. The van der Waals surface area contributed by atoms with Crippen molar-refractivity contribution in [3.8, 4) is 0 Å². The van der Waals surface area contributed by atoms with Crippen LogP contribution in [0.4, 0.5) is 0 Å². The second-order valence-electron chi connectivity index (χ2n) is 1.87. The molecule has 5 heteroatoms. The molecule has 1 heterocycles. The summed E-state index contributed by atoms with van der Waals surface area (Å²) in [6, 6.07) is 0. The van der Waals surface area contributed by atoms with Crippen LogP contribution >= 0.6 is 23.1 Å². The lowest BCUT2D eigenvalue weighted by atomic mass is 10.5. The van der Waals surface area contributed by atoms with E-state index >= 15 is 0 Å². The van der Waals surface area contributed by atoms with Crippen LogP contribution in [0.2, 0.25) is 0 Å². The minimum Gasteiger partial charge on any atom is -0.329 e. The third kappa shape index (κ3) is 2.24. The molecule has 0 spiro atoms. The van der Waals surface area contributed by atoms with Crippen LogP contribution in [0.1, 0.15) is 6.92 Å². The van der Waals surface area contributed by atoms with Crippen LogP contribution in [-0.2, 0) is 0 Å². The molecule has 1 atom stereocenters. The smallest absolute Gasteiger partial charge is 0.174 e. The molecule has 0 bridgehead atoms. The number of nitrogens with two attached hydrogens (primary N) is 1. The van der Waals surface area contributed by atoms with Gasteiger partial charge >= 0.3 is 0 Å². The second kappa shape index (κ2) is 3.90. The van der Waals surface area contributed by atoms with E-state index in [1.54, 1.807) is 28.6 Å². The zero-order valence-corrected chi connectivity index (χ0v) is 7.28. The van der Waals surface area contributed by atoms with E-state index in [2.05, 4.69) is 17.1 Å². The summed E-state index contributed by atoms with van der Waals surface area (Å²) in [6.07, 6.45) is 0. The molecule has 0 radical (unpaired) electrons. The first-order valence-electron chi connectivity index (χ1n) is 2.96. The SMILES string of the molecule is CC(CN)Sc1nncs1. The normalized spacial score (nSPS) is 13.4. The molecular formula is C5H9N3S2. The fourth-order valence-corrected chi connectivity index (χ4v) is 2.09. The number of rotatable bonds is 3. The molecule has 1 aromatic rings. The number of aromatic nitrogens is 2. The highest BCUT2D eigenvalue weighted by Crippen LogP contribution is 2.22. The lowest BCUT2D eigenvalue weighted by Gasteiger charge is -2.02. The topological polar surface area (TPSA) is 51.8 Å². The summed E-state index contributed by atoms with van der Waals surface area (Å²) in [4.78, 5) is 0. The third-order valence-electron chi connectivity index (χ3n) is 0.974. The van der Waals surface area contributed by atoms with Gasteiger partial charge in [-0.3, -0.25) is 0 Å². The Hall–Kier alpha value is -0.130. The Labute approximate surface area is 68.0 Å². The average Bonchev–Trinajstić information content (AvgIpc) is 2.40. The maximum Gasteiger partial charge on any atom is 0.174 e. The molecule has 0 fully saturated rings. The van der Waals surface area contributed by atoms with Gasteiger partial charge in [0, 0.05) is 11.8 Å². The minimum absolute atomic E-state index is 0.438. The van der Waals surface area contributed by atoms with Crippen LogP contribution in [0.3, 0.4) is 0 Å². The molecule has 0 aromatic carbocycles. The van der Waals surface area contributed by atoms with E-state index in [0.29, 0.717) is 11.8 Å². The molecule has 0 aliphatic heterocycles. The van der Waals surface area contributed by atoms with Gasteiger partial charge in [-0.1, -0.05) is 30.0 Å². The second-order valence-corrected chi connectivity index (χ2v) is 4.39. The average molecular weight is 175 g/mol. The van der Waals surface area contributed by atoms with Crippen molar-refractivity contribution in [2.45, 2.75) is 16.5 Å². The van der Waals surface area contributed by atoms with Gasteiger partial charge < -0.3 is 5.73 Å². The van der Waals surface area contributed by atoms with E-state index in [9.17, 15) is 0 Å². The molecule has 1 rings (SSSR count). The van der Waals surface area contributed by atoms with Crippen molar-refractivity contribution in [3.05, 3.63) is 5.51 Å². The highest BCUT2D eigenvalue weighted by atomic mass is 32.2. The fourth-order valence-electron chi connectivity index (χ4n) is 0.435. The van der Waals surface area contributed by atoms with E-state index in [-0.39, 0.29) is 0 Å². The van der Waals surface area contributed by atoms with Gasteiger partial charge in [0.05, 0.1) is 0 Å².